The Morgan fingerprint density at radius 1 is 1.44 bits per heavy atom. The van der Waals surface area contributed by atoms with E-state index in [-0.39, 0.29) is 5.82 Å². The molecule has 3 heteroatoms. The molecule has 84 valence electrons. The maximum absolute atomic E-state index is 13.3. The van der Waals surface area contributed by atoms with Crippen LogP contribution in [0.15, 0.2) is 18.2 Å². The minimum absolute atomic E-state index is 0.141. The highest BCUT2D eigenvalue weighted by molar-refractivity contribution is 5.85. The van der Waals surface area contributed by atoms with E-state index >= 15 is 0 Å². The smallest absolute Gasteiger partial charge is 0.123 e. The van der Waals surface area contributed by atoms with E-state index in [0.29, 0.717) is 0 Å². The molecule has 0 saturated heterocycles. The molecule has 0 radical (unpaired) electrons. The van der Waals surface area contributed by atoms with Crippen molar-refractivity contribution < 1.29 is 4.39 Å². The first-order valence-electron chi connectivity index (χ1n) is 5.81. The summed E-state index contributed by atoms with van der Waals surface area (Å²) < 4.78 is 15.6. The van der Waals surface area contributed by atoms with Crippen LogP contribution in [0.25, 0.3) is 10.9 Å². The van der Waals surface area contributed by atoms with Crippen molar-refractivity contribution in [3.8, 4) is 0 Å². The van der Waals surface area contributed by atoms with Gasteiger partial charge in [0.2, 0.25) is 0 Å². The van der Waals surface area contributed by atoms with Crippen LogP contribution in [-0.2, 0) is 19.5 Å². The van der Waals surface area contributed by atoms with Crippen LogP contribution in [0, 0.1) is 5.82 Å². The third-order valence-electron chi connectivity index (χ3n) is 3.41. The fourth-order valence-electron chi connectivity index (χ4n) is 2.70. The van der Waals surface area contributed by atoms with Gasteiger partial charge in [-0.15, -0.1) is 0 Å². The van der Waals surface area contributed by atoms with E-state index < -0.39 is 0 Å². The van der Waals surface area contributed by atoms with Gasteiger partial charge >= 0.3 is 0 Å². The van der Waals surface area contributed by atoms with E-state index in [0.717, 1.165) is 31.4 Å². The van der Waals surface area contributed by atoms with Crippen molar-refractivity contribution >= 4 is 10.9 Å². The maximum Gasteiger partial charge on any atom is 0.123 e. The molecule has 1 aromatic carbocycles. The first-order chi connectivity index (χ1) is 7.81. The number of rotatable bonds is 1. The number of hydrogen-bond acceptors (Lipinski definition) is 1. The van der Waals surface area contributed by atoms with E-state index in [9.17, 15) is 4.39 Å². The molecular formula is C13H15FN2. The van der Waals surface area contributed by atoms with E-state index in [1.165, 1.54) is 16.8 Å². The van der Waals surface area contributed by atoms with E-state index in [4.69, 9.17) is 0 Å². The molecule has 2 heterocycles. The first-order valence-corrected chi connectivity index (χ1v) is 5.81. The number of halogens is 1. The molecule has 0 saturated carbocycles. The Bertz CT molecular complexity index is 542. The second-order valence-electron chi connectivity index (χ2n) is 4.27. The van der Waals surface area contributed by atoms with E-state index in [1.807, 2.05) is 6.07 Å². The van der Waals surface area contributed by atoms with Gasteiger partial charge in [0.15, 0.2) is 0 Å². The summed E-state index contributed by atoms with van der Waals surface area (Å²) in [5, 5.41) is 4.46. The van der Waals surface area contributed by atoms with Crippen molar-refractivity contribution in [2.75, 3.05) is 6.54 Å². The number of aryl methyl sites for hydroxylation is 1. The first kappa shape index (κ1) is 9.85. The average Bonchev–Trinajstić information content (AvgIpc) is 2.61. The predicted octanol–water partition coefficient (Wildman–Crippen LogP) is 2.45. The Kier molecular flexibility index (Phi) is 2.21. The molecule has 16 heavy (non-hydrogen) atoms. The van der Waals surface area contributed by atoms with Crippen molar-refractivity contribution in [1.82, 2.24) is 9.88 Å². The molecule has 0 aliphatic carbocycles. The molecule has 3 rings (SSSR count). The fourth-order valence-corrected chi connectivity index (χ4v) is 2.70. The third kappa shape index (κ3) is 1.28. The second-order valence-corrected chi connectivity index (χ2v) is 4.27. The number of nitrogens with one attached hydrogen (secondary N) is 1. The molecule has 2 nitrogen and oxygen atoms in total. The van der Waals surface area contributed by atoms with Gasteiger partial charge in [-0.05, 0) is 30.2 Å². The third-order valence-corrected chi connectivity index (χ3v) is 3.41. The summed E-state index contributed by atoms with van der Waals surface area (Å²) in [6.45, 7) is 5.02. The van der Waals surface area contributed by atoms with Crippen molar-refractivity contribution in [1.29, 1.82) is 0 Å². The molecule has 1 aromatic heterocycles. The van der Waals surface area contributed by atoms with Gasteiger partial charge in [0.25, 0.3) is 0 Å². The highest BCUT2D eigenvalue weighted by atomic mass is 19.1. The summed E-state index contributed by atoms with van der Waals surface area (Å²) in [4.78, 5) is 0. The maximum atomic E-state index is 13.3. The SMILES string of the molecule is CCc1c2n(c3ccc(F)cc13)CCNC2. The van der Waals surface area contributed by atoms with Gasteiger partial charge < -0.3 is 9.88 Å². The summed E-state index contributed by atoms with van der Waals surface area (Å²) >= 11 is 0. The summed E-state index contributed by atoms with van der Waals surface area (Å²) in [6.07, 6.45) is 0.962. The second kappa shape index (κ2) is 3.59. The molecule has 1 N–H and O–H groups in total. The highest BCUT2D eigenvalue weighted by Gasteiger charge is 2.18. The Labute approximate surface area is 94.1 Å². The number of aromatic nitrogens is 1. The van der Waals surface area contributed by atoms with E-state index in [2.05, 4.69) is 16.8 Å². The zero-order valence-corrected chi connectivity index (χ0v) is 9.39. The molecule has 0 atom stereocenters. The number of benzene rings is 1. The van der Waals surface area contributed by atoms with E-state index in [1.54, 1.807) is 12.1 Å². The molecule has 1 aliphatic rings. The number of fused-ring (bicyclic) bond motifs is 3. The van der Waals surface area contributed by atoms with Crippen LogP contribution in [0.4, 0.5) is 4.39 Å². The lowest BCUT2D eigenvalue weighted by atomic mass is 10.1. The number of hydrogen-bond donors (Lipinski definition) is 1. The van der Waals surface area contributed by atoms with Gasteiger partial charge in [-0.2, -0.15) is 0 Å². The van der Waals surface area contributed by atoms with Crippen LogP contribution in [0.5, 0.6) is 0 Å². The lowest BCUT2D eigenvalue weighted by Gasteiger charge is -2.18. The van der Waals surface area contributed by atoms with Gasteiger partial charge in [-0.3, -0.25) is 0 Å². The molecule has 0 unspecified atom stereocenters. The summed E-state index contributed by atoms with van der Waals surface area (Å²) in [6, 6.07) is 5.12. The van der Waals surface area contributed by atoms with Gasteiger partial charge in [-0.25, -0.2) is 4.39 Å². The van der Waals surface area contributed by atoms with Crippen molar-refractivity contribution in [2.45, 2.75) is 26.4 Å². The van der Waals surface area contributed by atoms with Crippen LogP contribution in [0.3, 0.4) is 0 Å². The Morgan fingerprint density at radius 3 is 3.12 bits per heavy atom. The Balaban J connectivity index is 2.37. The quantitative estimate of drug-likeness (QED) is 0.778. The molecule has 2 aromatic rings. The van der Waals surface area contributed by atoms with Gasteiger partial charge in [0.1, 0.15) is 5.82 Å². The standard InChI is InChI=1S/C13H15FN2/c1-2-10-11-7-9(14)3-4-12(11)16-6-5-15-8-13(10)16/h3-4,7,15H,2,5-6,8H2,1H3. The van der Waals surface area contributed by atoms with Gasteiger partial charge in [0.05, 0.1) is 0 Å². The Hall–Kier alpha value is -1.35. The van der Waals surface area contributed by atoms with Gasteiger partial charge in [0, 0.05) is 36.2 Å². The lowest BCUT2D eigenvalue weighted by molar-refractivity contribution is 0.523. The van der Waals surface area contributed by atoms with Crippen molar-refractivity contribution in [3.05, 3.63) is 35.3 Å². The van der Waals surface area contributed by atoms with Crippen molar-refractivity contribution in [3.63, 3.8) is 0 Å². The van der Waals surface area contributed by atoms with Crippen LogP contribution in [0.1, 0.15) is 18.2 Å². The normalized spacial score (nSPS) is 15.4. The van der Waals surface area contributed by atoms with Gasteiger partial charge in [-0.1, -0.05) is 6.92 Å². The summed E-state index contributed by atoms with van der Waals surface area (Å²) in [5.74, 6) is -0.141. The predicted molar refractivity (Wildman–Crippen MR) is 63.0 cm³/mol. The summed E-state index contributed by atoms with van der Waals surface area (Å²) in [5.41, 5.74) is 3.80. The molecule has 0 bridgehead atoms. The minimum atomic E-state index is -0.141. The zero-order chi connectivity index (χ0) is 11.1. The van der Waals surface area contributed by atoms with Crippen LogP contribution >= 0.6 is 0 Å². The summed E-state index contributed by atoms with van der Waals surface area (Å²) in [7, 11) is 0. The molecular weight excluding hydrogens is 203 g/mol. The fraction of sp³-hybridized carbons (Fsp3) is 0.385. The van der Waals surface area contributed by atoms with Crippen LogP contribution in [-0.4, -0.2) is 11.1 Å². The minimum Gasteiger partial charge on any atom is -0.342 e. The largest absolute Gasteiger partial charge is 0.342 e. The topological polar surface area (TPSA) is 17.0 Å². The van der Waals surface area contributed by atoms with Crippen molar-refractivity contribution in [2.24, 2.45) is 0 Å². The van der Waals surface area contributed by atoms with Crippen LogP contribution < -0.4 is 5.32 Å². The molecule has 0 fully saturated rings. The number of nitrogens with zero attached hydrogens (tertiary/aromatic N) is 1. The zero-order valence-electron chi connectivity index (χ0n) is 9.39. The molecule has 1 aliphatic heterocycles. The van der Waals surface area contributed by atoms with Crippen LogP contribution in [0.2, 0.25) is 0 Å². The molecule has 0 spiro atoms. The Morgan fingerprint density at radius 2 is 2.31 bits per heavy atom. The highest BCUT2D eigenvalue weighted by Crippen LogP contribution is 2.28. The molecule has 0 amide bonds. The average molecular weight is 218 g/mol. The monoisotopic (exact) mass is 218 g/mol. The lowest BCUT2D eigenvalue weighted by Crippen LogP contribution is -2.28.